The molecular weight excluding hydrogens is 235 g/mol. The second-order valence-corrected chi connectivity index (χ2v) is 2.84. The minimum atomic E-state index is -4.77. The molecule has 1 rings (SSSR count). The van der Waals surface area contributed by atoms with Crippen LogP contribution in [0.2, 0.25) is 0 Å². The Morgan fingerprint density at radius 3 is 2.67 bits per heavy atom. The molecule has 0 spiro atoms. The van der Waals surface area contributed by atoms with Gasteiger partial charge in [-0.1, -0.05) is 6.07 Å². The monoisotopic (exact) mass is 242 g/mol. The van der Waals surface area contributed by atoms with Crippen LogP contribution in [0.5, 0.6) is 0 Å². The SMILES string of the molecule is [2H]C([2H])([2H])c1ccc(Br)nc1C(F)(F)F. The number of rotatable bonds is 0. The molecule has 0 radical (unpaired) electrons. The van der Waals surface area contributed by atoms with E-state index < -0.39 is 24.3 Å². The number of pyridine rings is 1. The summed E-state index contributed by atoms with van der Waals surface area (Å²) in [5.74, 6) is 0. The summed E-state index contributed by atoms with van der Waals surface area (Å²) in [6.07, 6.45) is -4.77. The molecule has 1 aromatic rings. The lowest BCUT2D eigenvalue weighted by molar-refractivity contribution is -0.141. The van der Waals surface area contributed by atoms with E-state index in [9.17, 15) is 13.2 Å². The molecule has 5 heteroatoms. The molecule has 1 nitrogen and oxygen atoms in total. The van der Waals surface area contributed by atoms with Crippen LogP contribution in [0.15, 0.2) is 16.7 Å². The van der Waals surface area contributed by atoms with Crippen LogP contribution in [-0.2, 0) is 6.18 Å². The van der Waals surface area contributed by atoms with Gasteiger partial charge in [0.05, 0.1) is 0 Å². The van der Waals surface area contributed by atoms with Gasteiger partial charge in [0.25, 0.3) is 0 Å². The van der Waals surface area contributed by atoms with Gasteiger partial charge in [0, 0.05) is 4.11 Å². The van der Waals surface area contributed by atoms with Crippen LogP contribution in [-0.4, -0.2) is 4.98 Å². The maximum atomic E-state index is 12.4. The van der Waals surface area contributed by atoms with Crippen LogP contribution < -0.4 is 0 Å². The summed E-state index contributed by atoms with van der Waals surface area (Å²) >= 11 is 2.76. The maximum absolute atomic E-state index is 12.4. The summed E-state index contributed by atoms with van der Waals surface area (Å²) in [5, 5.41) is 0. The van der Waals surface area contributed by atoms with Crippen molar-refractivity contribution >= 4 is 15.9 Å². The molecular formula is C7H5BrF3N. The second kappa shape index (κ2) is 3.05. The molecule has 0 atom stereocenters. The number of alkyl halides is 3. The minimum absolute atomic E-state index is 0.0529. The van der Waals surface area contributed by atoms with Crippen LogP contribution in [0.1, 0.15) is 15.4 Å². The normalized spacial score (nSPS) is 16.5. The molecule has 0 unspecified atom stereocenters. The molecule has 0 aliphatic heterocycles. The Hall–Kier alpha value is -0.580. The van der Waals surface area contributed by atoms with E-state index in [1.165, 1.54) is 0 Å². The zero-order valence-electron chi connectivity index (χ0n) is 8.61. The van der Waals surface area contributed by atoms with Crippen LogP contribution in [0.4, 0.5) is 13.2 Å². The quantitative estimate of drug-likeness (QED) is 0.637. The third kappa shape index (κ3) is 1.97. The van der Waals surface area contributed by atoms with E-state index in [-0.39, 0.29) is 4.60 Å². The van der Waals surface area contributed by atoms with Crippen molar-refractivity contribution in [1.82, 2.24) is 4.98 Å². The van der Waals surface area contributed by atoms with Crippen LogP contribution in [0.25, 0.3) is 0 Å². The summed E-state index contributed by atoms with van der Waals surface area (Å²) in [5.41, 5.74) is -2.17. The van der Waals surface area contributed by atoms with Gasteiger partial charge in [-0.3, -0.25) is 0 Å². The lowest BCUT2D eigenvalue weighted by atomic mass is 10.2. The third-order valence-corrected chi connectivity index (χ3v) is 1.57. The van der Waals surface area contributed by atoms with Crippen molar-refractivity contribution in [2.24, 2.45) is 0 Å². The summed E-state index contributed by atoms with van der Waals surface area (Å²) < 4.78 is 58.0. The van der Waals surface area contributed by atoms with Crippen LogP contribution in [0.3, 0.4) is 0 Å². The minimum Gasteiger partial charge on any atom is -0.236 e. The van der Waals surface area contributed by atoms with Gasteiger partial charge in [-0.25, -0.2) is 4.98 Å². The molecule has 0 saturated carbocycles. The standard InChI is InChI=1S/C7H5BrF3N/c1-4-2-3-5(8)12-6(4)7(9,10)11/h2-3H,1H3/i1D3. The molecule has 0 N–H and O–H groups in total. The largest absolute Gasteiger partial charge is 0.433 e. The molecule has 0 amide bonds. The molecule has 0 aliphatic carbocycles. The van der Waals surface area contributed by atoms with Crippen molar-refractivity contribution in [3.8, 4) is 0 Å². The van der Waals surface area contributed by atoms with E-state index in [2.05, 4.69) is 20.9 Å². The number of hydrogen-bond acceptors (Lipinski definition) is 1. The third-order valence-electron chi connectivity index (χ3n) is 1.13. The van der Waals surface area contributed by atoms with Crippen molar-refractivity contribution in [2.75, 3.05) is 0 Å². The van der Waals surface area contributed by atoms with Gasteiger partial charge >= 0.3 is 6.18 Å². The number of nitrogens with zero attached hydrogens (tertiary/aromatic N) is 1. The molecule has 0 aliphatic rings. The van der Waals surface area contributed by atoms with Crippen LogP contribution >= 0.6 is 15.9 Å². The van der Waals surface area contributed by atoms with Gasteiger partial charge in [0.2, 0.25) is 0 Å². The predicted molar refractivity (Wildman–Crippen MR) is 41.7 cm³/mol. The first-order valence-electron chi connectivity index (χ1n) is 4.36. The van der Waals surface area contributed by atoms with E-state index in [1.807, 2.05) is 0 Å². The number of aromatic nitrogens is 1. The summed E-state index contributed by atoms with van der Waals surface area (Å²) in [6.45, 7) is -2.82. The first-order chi connectivity index (χ1) is 6.62. The molecule has 1 heterocycles. The van der Waals surface area contributed by atoms with Gasteiger partial charge in [-0.2, -0.15) is 13.2 Å². The Morgan fingerprint density at radius 1 is 1.50 bits per heavy atom. The Kier molecular flexibility index (Phi) is 1.51. The fourth-order valence-corrected chi connectivity index (χ4v) is 0.961. The van der Waals surface area contributed by atoms with Gasteiger partial charge in [-0.05, 0) is 34.4 Å². The van der Waals surface area contributed by atoms with Crippen molar-refractivity contribution < 1.29 is 17.3 Å². The average Bonchev–Trinajstić information content (AvgIpc) is 2.00. The Balaban J connectivity index is 3.41. The fourth-order valence-electron chi connectivity index (χ4n) is 0.651. The van der Waals surface area contributed by atoms with Crippen molar-refractivity contribution in [2.45, 2.75) is 13.0 Å². The molecule has 66 valence electrons. The highest BCUT2D eigenvalue weighted by atomic mass is 79.9. The summed E-state index contributed by atoms with van der Waals surface area (Å²) in [6, 6.07) is 2.06. The molecule has 0 bridgehead atoms. The van der Waals surface area contributed by atoms with Gasteiger partial charge in [0.1, 0.15) is 10.3 Å². The molecule has 12 heavy (non-hydrogen) atoms. The number of aryl methyl sites for hydroxylation is 1. The molecule has 0 saturated heterocycles. The number of halogens is 4. The first kappa shape index (κ1) is 5.96. The highest BCUT2D eigenvalue weighted by molar-refractivity contribution is 9.10. The predicted octanol–water partition coefficient (Wildman–Crippen LogP) is 3.17. The zero-order chi connectivity index (χ0) is 11.9. The Bertz CT molecular complexity index is 375. The van der Waals surface area contributed by atoms with Crippen molar-refractivity contribution in [1.29, 1.82) is 0 Å². The van der Waals surface area contributed by atoms with E-state index in [0.717, 1.165) is 12.1 Å². The Morgan fingerprint density at radius 2 is 2.17 bits per heavy atom. The van der Waals surface area contributed by atoms with E-state index in [1.54, 1.807) is 0 Å². The first-order valence-corrected chi connectivity index (χ1v) is 3.66. The van der Waals surface area contributed by atoms with Gasteiger partial charge in [0.15, 0.2) is 0 Å². The molecule has 1 aromatic heterocycles. The highest BCUT2D eigenvalue weighted by Crippen LogP contribution is 2.30. The van der Waals surface area contributed by atoms with Crippen molar-refractivity contribution in [3.05, 3.63) is 28.0 Å². The van der Waals surface area contributed by atoms with Gasteiger partial charge < -0.3 is 0 Å². The lowest BCUT2D eigenvalue weighted by Gasteiger charge is -2.08. The van der Waals surface area contributed by atoms with E-state index >= 15 is 0 Å². The van der Waals surface area contributed by atoms with E-state index in [0.29, 0.717) is 0 Å². The fraction of sp³-hybridized carbons (Fsp3) is 0.286. The highest BCUT2D eigenvalue weighted by Gasteiger charge is 2.34. The smallest absolute Gasteiger partial charge is 0.236 e. The second-order valence-electron chi connectivity index (χ2n) is 2.03. The molecule has 0 aromatic carbocycles. The Labute approximate surface area is 80.0 Å². The van der Waals surface area contributed by atoms with E-state index in [4.69, 9.17) is 4.11 Å². The summed E-state index contributed by atoms with van der Waals surface area (Å²) in [7, 11) is 0. The average molecular weight is 243 g/mol. The van der Waals surface area contributed by atoms with Crippen LogP contribution in [0, 0.1) is 6.85 Å². The zero-order valence-corrected chi connectivity index (χ0v) is 7.20. The maximum Gasteiger partial charge on any atom is 0.433 e. The topological polar surface area (TPSA) is 12.9 Å². The lowest BCUT2D eigenvalue weighted by Crippen LogP contribution is -2.10. The summed E-state index contributed by atoms with van der Waals surface area (Å²) in [4.78, 5) is 3.14. The molecule has 0 fully saturated rings. The van der Waals surface area contributed by atoms with Gasteiger partial charge in [-0.15, -0.1) is 0 Å². The number of hydrogen-bond donors (Lipinski definition) is 0. The van der Waals surface area contributed by atoms with Crippen molar-refractivity contribution in [3.63, 3.8) is 0 Å².